The first-order chi connectivity index (χ1) is 17.5. The molecule has 0 atom stereocenters. The van der Waals surface area contributed by atoms with E-state index >= 15 is 0 Å². The third-order valence-electron chi connectivity index (χ3n) is 6.64. The predicted octanol–water partition coefficient (Wildman–Crippen LogP) is 6.82. The molecule has 36 heavy (non-hydrogen) atoms. The zero-order valence-corrected chi connectivity index (χ0v) is 20.7. The number of pyridine rings is 2. The molecule has 3 heterocycles. The number of aryl methyl sites for hydroxylation is 2. The molecule has 5 rings (SSSR count). The molecule has 0 spiro atoms. The van der Waals surface area contributed by atoms with Crippen LogP contribution < -0.4 is 4.74 Å². The highest BCUT2D eigenvalue weighted by atomic mass is 16.5. The van der Waals surface area contributed by atoms with E-state index in [-0.39, 0.29) is 5.78 Å². The highest BCUT2D eigenvalue weighted by molar-refractivity contribution is 5.96. The summed E-state index contributed by atoms with van der Waals surface area (Å²) in [6.07, 6.45) is 14.1. The molecule has 0 saturated heterocycles. The van der Waals surface area contributed by atoms with Crippen LogP contribution in [0.3, 0.4) is 0 Å². The molecule has 1 aliphatic rings. The van der Waals surface area contributed by atoms with Gasteiger partial charge in [0.1, 0.15) is 5.75 Å². The van der Waals surface area contributed by atoms with Crippen molar-refractivity contribution in [3.8, 4) is 22.9 Å². The van der Waals surface area contributed by atoms with Crippen molar-refractivity contribution in [1.29, 1.82) is 0 Å². The molecule has 182 valence electrons. The van der Waals surface area contributed by atoms with E-state index in [1.54, 1.807) is 23.3 Å². The van der Waals surface area contributed by atoms with Crippen LogP contribution in [0.5, 0.6) is 11.6 Å². The summed E-state index contributed by atoms with van der Waals surface area (Å²) in [6, 6.07) is 15.8. The lowest BCUT2D eigenvalue weighted by Gasteiger charge is -2.23. The van der Waals surface area contributed by atoms with Gasteiger partial charge in [-0.3, -0.25) is 14.5 Å². The van der Waals surface area contributed by atoms with Crippen molar-refractivity contribution in [2.75, 3.05) is 0 Å². The molecule has 1 aliphatic carbocycles. The second-order valence-electron chi connectivity index (χ2n) is 9.56. The van der Waals surface area contributed by atoms with Gasteiger partial charge >= 0.3 is 0 Å². The van der Waals surface area contributed by atoms with E-state index in [1.807, 2.05) is 62.6 Å². The number of rotatable bonds is 7. The minimum Gasteiger partial charge on any atom is -0.439 e. The molecule has 0 N–H and O–H groups in total. The number of carbonyl (C=O) groups excluding carboxylic acids is 1. The molecule has 0 unspecified atom stereocenters. The Labute approximate surface area is 211 Å². The van der Waals surface area contributed by atoms with Crippen molar-refractivity contribution >= 4 is 11.9 Å². The fraction of sp³-hybridized carbons (Fsp3) is 0.267. The van der Waals surface area contributed by atoms with Gasteiger partial charge in [-0.15, -0.1) is 0 Å². The average molecular weight is 479 g/mol. The molecule has 6 nitrogen and oxygen atoms in total. The SMILES string of the molecule is Cc1ccc(Oc2cccc(C=C3CCC(CC(=O)c4ccc(-c5cnn(C)c5)nc4)CC3)c2)nc1. The van der Waals surface area contributed by atoms with E-state index in [2.05, 4.69) is 27.2 Å². The van der Waals surface area contributed by atoms with Crippen molar-refractivity contribution in [1.82, 2.24) is 19.7 Å². The van der Waals surface area contributed by atoms with Gasteiger partial charge in [-0.1, -0.05) is 29.8 Å². The van der Waals surface area contributed by atoms with Crippen LogP contribution in [0, 0.1) is 12.8 Å². The van der Waals surface area contributed by atoms with Crippen molar-refractivity contribution in [3.63, 3.8) is 0 Å². The minimum absolute atomic E-state index is 0.173. The number of ketones is 1. The first-order valence-electron chi connectivity index (χ1n) is 12.4. The van der Waals surface area contributed by atoms with Crippen LogP contribution in [0.15, 0.2) is 78.9 Å². The van der Waals surface area contributed by atoms with Crippen LogP contribution in [-0.4, -0.2) is 25.5 Å². The Morgan fingerprint density at radius 1 is 1.06 bits per heavy atom. The number of carbonyl (C=O) groups is 1. The van der Waals surface area contributed by atoms with Gasteiger partial charge in [-0.25, -0.2) is 4.98 Å². The van der Waals surface area contributed by atoms with E-state index in [9.17, 15) is 4.79 Å². The topological polar surface area (TPSA) is 69.9 Å². The number of allylic oxidation sites excluding steroid dienone is 1. The van der Waals surface area contributed by atoms with Crippen molar-refractivity contribution in [3.05, 3.63) is 95.6 Å². The molecule has 0 radical (unpaired) electrons. The zero-order valence-electron chi connectivity index (χ0n) is 20.7. The lowest BCUT2D eigenvalue weighted by atomic mass is 9.82. The Balaban J connectivity index is 1.14. The third kappa shape index (κ3) is 5.95. The molecular weight excluding hydrogens is 448 g/mol. The van der Waals surface area contributed by atoms with E-state index in [1.165, 1.54) is 5.57 Å². The van der Waals surface area contributed by atoms with E-state index < -0.39 is 0 Å². The molecule has 4 aromatic rings. The Morgan fingerprint density at radius 3 is 2.61 bits per heavy atom. The van der Waals surface area contributed by atoms with Crippen LogP contribution in [0.25, 0.3) is 17.3 Å². The average Bonchev–Trinajstić information content (AvgIpc) is 3.33. The summed E-state index contributed by atoms with van der Waals surface area (Å²) >= 11 is 0. The van der Waals surface area contributed by atoms with Crippen molar-refractivity contribution in [2.45, 2.75) is 39.0 Å². The normalized spacial score (nSPS) is 15.5. The minimum atomic E-state index is 0.173. The molecule has 1 fully saturated rings. The van der Waals surface area contributed by atoms with Gasteiger partial charge in [0.2, 0.25) is 5.88 Å². The van der Waals surface area contributed by atoms with Crippen LogP contribution in [-0.2, 0) is 7.05 Å². The summed E-state index contributed by atoms with van der Waals surface area (Å²) in [5, 5.41) is 4.18. The first-order valence-corrected chi connectivity index (χ1v) is 12.4. The number of hydrogen-bond acceptors (Lipinski definition) is 5. The number of hydrogen-bond donors (Lipinski definition) is 0. The molecule has 0 aliphatic heterocycles. The highest BCUT2D eigenvalue weighted by Crippen LogP contribution is 2.33. The Kier molecular flexibility index (Phi) is 7.03. The maximum Gasteiger partial charge on any atom is 0.219 e. The summed E-state index contributed by atoms with van der Waals surface area (Å²) in [4.78, 5) is 21.6. The van der Waals surface area contributed by atoms with Crippen LogP contribution >= 0.6 is 0 Å². The van der Waals surface area contributed by atoms with Crippen LogP contribution in [0.4, 0.5) is 0 Å². The Bertz CT molecular complexity index is 1360. The summed E-state index contributed by atoms with van der Waals surface area (Å²) < 4.78 is 7.66. The van der Waals surface area contributed by atoms with Gasteiger partial charge in [0.15, 0.2) is 5.78 Å². The lowest BCUT2D eigenvalue weighted by molar-refractivity contribution is 0.0953. The molecule has 6 heteroatoms. The summed E-state index contributed by atoms with van der Waals surface area (Å²) in [5.74, 6) is 1.96. The van der Waals surface area contributed by atoms with E-state index in [0.717, 1.165) is 53.8 Å². The number of nitrogens with zero attached hydrogens (tertiary/aromatic N) is 4. The molecule has 0 bridgehead atoms. The van der Waals surface area contributed by atoms with Crippen molar-refractivity contribution < 1.29 is 9.53 Å². The highest BCUT2D eigenvalue weighted by Gasteiger charge is 2.20. The van der Waals surface area contributed by atoms with Gasteiger partial charge in [0.05, 0.1) is 11.9 Å². The monoisotopic (exact) mass is 478 g/mol. The molecule has 1 aromatic carbocycles. The third-order valence-corrected chi connectivity index (χ3v) is 6.64. The second kappa shape index (κ2) is 10.7. The fourth-order valence-electron chi connectivity index (χ4n) is 4.60. The van der Waals surface area contributed by atoms with Gasteiger partial charge in [-0.2, -0.15) is 5.10 Å². The predicted molar refractivity (Wildman–Crippen MR) is 141 cm³/mol. The van der Waals surface area contributed by atoms with Crippen molar-refractivity contribution in [2.24, 2.45) is 13.0 Å². The summed E-state index contributed by atoms with van der Waals surface area (Å²) in [6.45, 7) is 2.01. The van der Waals surface area contributed by atoms with Crippen LogP contribution in [0.2, 0.25) is 0 Å². The van der Waals surface area contributed by atoms with Gasteiger partial charge < -0.3 is 4.74 Å². The standard InChI is InChI=1S/C30H30N4O2/c1-21-6-13-30(32-17-21)36-27-5-3-4-24(15-27)14-22-7-9-23(10-8-22)16-29(35)25-11-12-28(31-18-25)26-19-33-34(2)20-26/h3-6,11-15,17-20,23H,7-10,16H2,1-2H3. The number of ether oxygens (including phenoxy) is 1. The zero-order chi connectivity index (χ0) is 24.9. The Hall–Kier alpha value is -4.06. The van der Waals surface area contributed by atoms with E-state index in [4.69, 9.17) is 4.74 Å². The van der Waals surface area contributed by atoms with E-state index in [0.29, 0.717) is 23.8 Å². The van der Waals surface area contributed by atoms with Crippen LogP contribution in [0.1, 0.15) is 53.6 Å². The lowest BCUT2D eigenvalue weighted by Crippen LogP contribution is -2.13. The first kappa shape index (κ1) is 23.7. The maximum atomic E-state index is 12.9. The molecule has 1 saturated carbocycles. The molecule has 0 amide bonds. The quantitative estimate of drug-likeness (QED) is 0.272. The largest absolute Gasteiger partial charge is 0.439 e. The number of aromatic nitrogens is 4. The summed E-state index contributed by atoms with van der Waals surface area (Å²) in [7, 11) is 1.88. The van der Waals surface area contributed by atoms with Gasteiger partial charge in [0, 0.05) is 49.3 Å². The fourth-order valence-corrected chi connectivity index (χ4v) is 4.60. The number of benzene rings is 1. The van der Waals surface area contributed by atoms with Gasteiger partial charge in [0.25, 0.3) is 0 Å². The van der Waals surface area contributed by atoms with Gasteiger partial charge in [-0.05, 0) is 73.9 Å². The summed E-state index contributed by atoms with van der Waals surface area (Å²) in [5.41, 5.74) is 6.12. The number of Topliss-reactive ketones (excluding diaryl/α,β-unsaturated/α-hetero) is 1. The Morgan fingerprint density at radius 2 is 1.92 bits per heavy atom. The molecular formula is C30H30N4O2. The maximum absolute atomic E-state index is 12.9. The second-order valence-corrected chi connectivity index (χ2v) is 9.56. The molecule has 3 aromatic heterocycles. The smallest absolute Gasteiger partial charge is 0.219 e.